The number of pyridine rings is 2. The maximum Gasteiger partial charge on any atom is 0.433 e. The third-order valence-corrected chi connectivity index (χ3v) is 6.53. The molecule has 3 rings (SSSR count). The zero-order valence-corrected chi connectivity index (χ0v) is 17.1. The molecular weight excluding hydrogens is 407 g/mol. The third kappa shape index (κ3) is 3.84. The fourth-order valence-electron chi connectivity index (χ4n) is 2.88. The fourth-order valence-corrected chi connectivity index (χ4v) is 3.94. The highest BCUT2D eigenvalue weighted by atomic mass is 32.2. The number of nitrogens with one attached hydrogen (secondary N) is 1. The van der Waals surface area contributed by atoms with Crippen LogP contribution in [0.3, 0.4) is 0 Å². The molecule has 156 valence electrons. The number of hydrogen-bond donors (Lipinski definition) is 1. The van der Waals surface area contributed by atoms with E-state index in [9.17, 15) is 21.6 Å². The Balaban J connectivity index is 2.27. The van der Waals surface area contributed by atoms with Gasteiger partial charge in [-0.3, -0.25) is 4.98 Å². The first-order chi connectivity index (χ1) is 13.5. The summed E-state index contributed by atoms with van der Waals surface area (Å²) < 4.78 is 65.8. The number of aromatic nitrogens is 4. The number of alkyl halides is 3. The van der Waals surface area contributed by atoms with E-state index in [-0.39, 0.29) is 33.7 Å². The van der Waals surface area contributed by atoms with Crippen LogP contribution in [0.2, 0.25) is 0 Å². The average Bonchev–Trinajstić information content (AvgIpc) is 3.02. The minimum atomic E-state index is -4.61. The zero-order valence-electron chi connectivity index (χ0n) is 16.2. The molecular formula is C18H20F3N5O2S. The van der Waals surface area contributed by atoms with E-state index in [4.69, 9.17) is 0 Å². The molecule has 0 amide bonds. The molecule has 1 N–H and O–H groups in total. The van der Waals surface area contributed by atoms with Gasteiger partial charge in [0.05, 0.1) is 27.9 Å². The molecule has 3 aromatic rings. The molecule has 3 aromatic heterocycles. The molecule has 1 atom stereocenters. The summed E-state index contributed by atoms with van der Waals surface area (Å²) in [5, 5.41) is 3.02. The normalized spacial score (nSPS) is 13.8. The molecule has 0 saturated carbocycles. The van der Waals surface area contributed by atoms with Gasteiger partial charge < -0.3 is 9.88 Å². The van der Waals surface area contributed by atoms with Crippen molar-refractivity contribution in [3.63, 3.8) is 0 Å². The third-order valence-electron chi connectivity index (χ3n) is 4.79. The van der Waals surface area contributed by atoms with Crippen LogP contribution in [0.15, 0.2) is 29.4 Å². The van der Waals surface area contributed by atoms with Gasteiger partial charge in [0.25, 0.3) is 0 Å². The molecule has 11 heteroatoms. The fraction of sp³-hybridized carbons (Fsp3) is 0.389. The summed E-state index contributed by atoms with van der Waals surface area (Å²) in [7, 11) is -0.350. The van der Waals surface area contributed by atoms with Crippen LogP contribution in [0.5, 0.6) is 0 Å². The number of halogens is 3. The van der Waals surface area contributed by atoms with Crippen LogP contribution >= 0.6 is 0 Å². The Kier molecular flexibility index (Phi) is 5.39. The lowest BCUT2D eigenvalue weighted by molar-refractivity contribution is -0.141. The van der Waals surface area contributed by atoms with Gasteiger partial charge in [-0.25, -0.2) is 18.4 Å². The molecule has 1 unspecified atom stereocenters. The monoisotopic (exact) mass is 427 g/mol. The Morgan fingerprint density at radius 3 is 2.48 bits per heavy atom. The van der Waals surface area contributed by atoms with Crippen molar-refractivity contribution in [3.05, 3.63) is 35.8 Å². The second-order valence-corrected chi connectivity index (χ2v) is 8.83. The van der Waals surface area contributed by atoms with Crippen LogP contribution in [-0.2, 0) is 23.1 Å². The van der Waals surface area contributed by atoms with E-state index >= 15 is 0 Å². The molecule has 7 nitrogen and oxygen atoms in total. The van der Waals surface area contributed by atoms with E-state index < -0.39 is 21.7 Å². The van der Waals surface area contributed by atoms with Gasteiger partial charge in [0.15, 0.2) is 15.7 Å². The van der Waals surface area contributed by atoms with Crippen molar-refractivity contribution in [2.75, 3.05) is 12.8 Å². The Bertz CT molecular complexity index is 1170. The molecule has 0 aliphatic rings. The van der Waals surface area contributed by atoms with Gasteiger partial charge in [-0.1, -0.05) is 6.92 Å². The van der Waals surface area contributed by atoms with Crippen molar-refractivity contribution < 1.29 is 21.6 Å². The summed E-state index contributed by atoms with van der Waals surface area (Å²) in [6, 6.07) is 2.23. The van der Waals surface area contributed by atoms with Gasteiger partial charge in [-0.15, -0.1) is 0 Å². The van der Waals surface area contributed by atoms with Crippen LogP contribution in [-0.4, -0.2) is 40.7 Å². The largest absolute Gasteiger partial charge is 0.433 e. The highest BCUT2D eigenvalue weighted by molar-refractivity contribution is 7.91. The van der Waals surface area contributed by atoms with Crippen molar-refractivity contribution in [2.45, 2.75) is 31.0 Å². The van der Waals surface area contributed by atoms with Crippen molar-refractivity contribution in [1.82, 2.24) is 24.8 Å². The number of imidazole rings is 1. The second kappa shape index (κ2) is 7.38. The van der Waals surface area contributed by atoms with Crippen LogP contribution in [0.1, 0.15) is 31.1 Å². The SMILES string of the molecule is CCS(=O)(=O)c1cc(C(C)NC)cnc1-c1nc2cc(C(F)(F)F)ncc2n1C. The standard InChI is InChI=1S/C18H20F3N5O2S/c1-5-29(27,28)14-6-11(10(2)22-3)8-24-16(14)17-25-12-7-15(18(19,20)21)23-9-13(12)26(17)4/h6-10,22H,5H2,1-4H3. The van der Waals surface area contributed by atoms with E-state index in [0.29, 0.717) is 11.1 Å². The predicted octanol–water partition coefficient (Wildman–Crippen LogP) is 3.12. The first-order valence-electron chi connectivity index (χ1n) is 8.79. The number of sulfone groups is 1. The van der Waals surface area contributed by atoms with Gasteiger partial charge in [0.2, 0.25) is 0 Å². The van der Waals surface area contributed by atoms with E-state index in [1.807, 2.05) is 6.92 Å². The lowest BCUT2D eigenvalue weighted by atomic mass is 10.1. The van der Waals surface area contributed by atoms with Gasteiger partial charge in [-0.05, 0) is 31.7 Å². The predicted molar refractivity (Wildman–Crippen MR) is 102 cm³/mol. The first-order valence-corrected chi connectivity index (χ1v) is 10.4. The zero-order chi connectivity index (χ0) is 21.6. The van der Waals surface area contributed by atoms with Gasteiger partial charge >= 0.3 is 6.18 Å². The number of aryl methyl sites for hydroxylation is 1. The van der Waals surface area contributed by atoms with Crippen molar-refractivity contribution in [2.24, 2.45) is 7.05 Å². The second-order valence-electron chi connectivity index (χ2n) is 6.58. The highest BCUT2D eigenvalue weighted by Gasteiger charge is 2.33. The van der Waals surface area contributed by atoms with E-state index in [0.717, 1.165) is 12.3 Å². The molecule has 0 radical (unpaired) electrons. The van der Waals surface area contributed by atoms with Crippen LogP contribution in [0, 0.1) is 0 Å². The van der Waals surface area contributed by atoms with Crippen LogP contribution in [0.4, 0.5) is 13.2 Å². The van der Waals surface area contributed by atoms with Gasteiger partial charge in [-0.2, -0.15) is 13.2 Å². The Labute approximate surface area is 165 Å². The Hall–Kier alpha value is -2.53. The molecule has 29 heavy (non-hydrogen) atoms. The maximum atomic E-state index is 13.0. The minimum absolute atomic E-state index is 0.0120. The van der Waals surface area contributed by atoms with Crippen LogP contribution in [0.25, 0.3) is 22.6 Å². The summed E-state index contributed by atoms with van der Waals surface area (Å²) in [6.07, 6.45) is -2.00. The van der Waals surface area contributed by atoms with Crippen molar-refractivity contribution in [3.8, 4) is 11.5 Å². The molecule has 0 aromatic carbocycles. The molecule has 0 fully saturated rings. The number of hydrogen-bond acceptors (Lipinski definition) is 6. The lowest BCUT2D eigenvalue weighted by Gasteiger charge is -2.14. The number of fused-ring (bicyclic) bond motifs is 1. The van der Waals surface area contributed by atoms with Gasteiger partial charge in [0, 0.05) is 19.3 Å². The van der Waals surface area contributed by atoms with E-state index in [1.54, 1.807) is 14.1 Å². The van der Waals surface area contributed by atoms with Crippen molar-refractivity contribution in [1.29, 1.82) is 0 Å². The lowest BCUT2D eigenvalue weighted by Crippen LogP contribution is -2.15. The summed E-state index contributed by atoms with van der Waals surface area (Å²) in [5.74, 6) is -0.000188. The number of rotatable bonds is 5. The molecule has 0 aliphatic carbocycles. The molecule has 0 bridgehead atoms. The van der Waals surface area contributed by atoms with Crippen LogP contribution < -0.4 is 5.32 Å². The molecule has 3 heterocycles. The number of nitrogens with zero attached hydrogens (tertiary/aromatic N) is 4. The maximum absolute atomic E-state index is 13.0. The Morgan fingerprint density at radius 2 is 1.90 bits per heavy atom. The van der Waals surface area contributed by atoms with Gasteiger partial charge in [0.1, 0.15) is 11.4 Å². The Morgan fingerprint density at radius 1 is 1.21 bits per heavy atom. The quantitative estimate of drug-likeness (QED) is 0.673. The molecule has 0 spiro atoms. The molecule has 0 aliphatic heterocycles. The first kappa shape index (κ1) is 21.2. The van der Waals surface area contributed by atoms with Crippen molar-refractivity contribution >= 4 is 20.9 Å². The minimum Gasteiger partial charge on any atom is -0.324 e. The molecule has 0 saturated heterocycles. The summed E-state index contributed by atoms with van der Waals surface area (Å²) in [4.78, 5) is 12.0. The average molecular weight is 427 g/mol. The van der Waals surface area contributed by atoms with E-state index in [1.165, 1.54) is 23.8 Å². The summed E-state index contributed by atoms with van der Waals surface area (Å²) >= 11 is 0. The summed E-state index contributed by atoms with van der Waals surface area (Å²) in [5.41, 5.74) is 0.0814. The topological polar surface area (TPSA) is 89.8 Å². The van der Waals surface area contributed by atoms with E-state index in [2.05, 4.69) is 20.3 Å². The summed E-state index contributed by atoms with van der Waals surface area (Å²) in [6.45, 7) is 3.38. The highest BCUT2D eigenvalue weighted by Crippen LogP contribution is 2.33. The smallest absolute Gasteiger partial charge is 0.324 e.